The van der Waals surface area contributed by atoms with Crippen molar-refractivity contribution in [3.8, 4) is 17.0 Å². The molecule has 5 rings (SSSR count). The Morgan fingerprint density at radius 2 is 2.03 bits per heavy atom. The van der Waals surface area contributed by atoms with Crippen molar-refractivity contribution in [2.75, 3.05) is 28.7 Å². The van der Waals surface area contributed by atoms with Gasteiger partial charge in [-0.05, 0) is 43.7 Å². The van der Waals surface area contributed by atoms with Gasteiger partial charge in [-0.2, -0.15) is 0 Å². The first-order valence-corrected chi connectivity index (χ1v) is 10.3. The van der Waals surface area contributed by atoms with Gasteiger partial charge in [0.1, 0.15) is 12.3 Å². The first-order chi connectivity index (χ1) is 15.4. The van der Waals surface area contributed by atoms with E-state index >= 15 is 0 Å². The normalized spacial score (nSPS) is 14.7. The summed E-state index contributed by atoms with van der Waals surface area (Å²) in [4.78, 5) is 21.9. The number of nitrogens with zero attached hydrogens (tertiary/aromatic N) is 3. The van der Waals surface area contributed by atoms with E-state index in [1.54, 1.807) is 18.2 Å². The van der Waals surface area contributed by atoms with E-state index in [0.717, 1.165) is 11.8 Å². The van der Waals surface area contributed by atoms with Crippen molar-refractivity contribution >= 4 is 28.9 Å². The Morgan fingerprint density at radius 3 is 2.84 bits per heavy atom. The highest BCUT2D eigenvalue weighted by Gasteiger charge is 2.26. The Kier molecular flexibility index (Phi) is 4.88. The number of hydrogen-bond donors (Lipinski definition) is 2. The van der Waals surface area contributed by atoms with Crippen LogP contribution in [0.2, 0.25) is 0 Å². The molecule has 2 N–H and O–H groups in total. The molecule has 3 aromatic rings. The van der Waals surface area contributed by atoms with Gasteiger partial charge in [-0.1, -0.05) is 6.07 Å². The monoisotopic (exact) mass is 437 g/mol. The van der Waals surface area contributed by atoms with Gasteiger partial charge in [0.05, 0.1) is 24.8 Å². The molecule has 9 heteroatoms. The molecular weight excluding hydrogens is 416 g/mol. The summed E-state index contributed by atoms with van der Waals surface area (Å²) in [6.07, 6.45) is 1.39. The zero-order valence-electron chi connectivity index (χ0n) is 17.6. The van der Waals surface area contributed by atoms with Gasteiger partial charge in [0, 0.05) is 23.0 Å². The predicted octanol–water partition coefficient (Wildman–Crippen LogP) is 4.27. The summed E-state index contributed by atoms with van der Waals surface area (Å²) in [7, 11) is 0. The van der Waals surface area contributed by atoms with Crippen LogP contribution >= 0.6 is 0 Å². The van der Waals surface area contributed by atoms with Crippen LogP contribution in [0.4, 0.5) is 31.8 Å². The van der Waals surface area contributed by atoms with Gasteiger partial charge in [0.2, 0.25) is 11.9 Å². The van der Waals surface area contributed by atoms with E-state index in [2.05, 4.69) is 20.6 Å². The van der Waals surface area contributed by atoms with Gasteiger partial charge in [0.15, 0.2) is 17.4 Å². The molecule has 0 bridgehead atoms. The number of fused-ring (bicyclic) bond motifs is 2. The van der Waals surface area contributed by atoms with Crippen molar-refractivity contribution in [3.05, 3.63) is 53.7 Å². The highest BCUT2D eigenvalue weighted by atomic mass is 19.1. The molecule has 1 amide bonds. The molecule has 2 aromatic carbocycles. The standard InChI is InChI=1S/C23H21F2N5O2/c1-12(2)30-5-6-32-22-16(24)7-14(8-19(22)30)21-17(25)11-26-23(29-21)27-15-4-3-13-9-20(31)28-18(13)10-15/h3-4,7-8,10-12H,5-6,9H2,1-2H3,(H,28,31)(H,26,27,29). The third-order valence-electron chi connectivity index (χ3n) is 5.54. The fourth-order valence-electron chi connectivity index (χ4n) is 4.03. The van der Waals surface area contributed by atoms with E-state index in [0.29, 0.717) is 42.2 Å². The summed E-state index contributed by atoms with van der Waals surface area (Å²) in [5, 5.41) is 5.80. The minimum Gasteiger partial charge on any atom is -0.486 e. The van der Waals surface area contributed by atoms with Crippen LogP contribution in [0.25, 0.3) is 11.3 Å². The van der Waals surface area contributed by atoms with Gasteiger partial charge >= 0.3 is 0 Å². The van der Waals surface area contributed by atoms with Crippen LogP contribution in [0.15, 0.2) is 36.5 Å². The highest BCUT2D eigenvalue weighted by molar-refractivity contribution is 5.99. The number of carbonyl (C=O) groups excluding carboxylic acids is 1. The van der Waals surface area contributed by atoms with E-state index in [9.17, 15) is 13.6 Å². The van der Waals surface area contributed by atoms with Crippen LogP contribution < -0.4 is 20.3 Å². The lowest BCUT2D eigenvalue weighted by Crippen LogP contribution is -2.38. The molecule has 0 aliphatic carbocycles. The zero-order valence-corrected chi connectivity index (χ0v) is 17.6. The number of hydrogen-bond acceptors (Lipinski definition) is 6. The molecule has 3 heterocycles. The largest absolute Gasteiger partial charge is 0.486 e. The molecule has 7 nitrogen and oxygen atoms in total. The summed E-state index contributed by atoms with van der Waals surface area (Å²) in [6.45, 7) is 5.01. The number of amides is 1. The summed E-state index contributed by atoms with van der Waals surface area (Å²) in [5.74, 6) is -0.970. The minimum absolute atomic E-state index is 0.0204. The molecule has 0 saturated heterocycles. The van der Waals surface area contributed by atoms with E-state index in [1.807, 2.05) is 24.8 Å². The third-order valence-corrected chi connectivity index (χ3v) is 5.54. The Labute approximate surface area is 183 Å². The van der Waals surface area contributed by atoms with Gasteiger partial charge in [-0.3, -0.25) is 4.79 Å². The van der Waals surface area contributed by atoms with Crippen LogP contribution in [-0.2, 0) is 11.2 Å². The lowest BCUT2D eigenvalue weighted by molar-refractivity contribution is -0.115. The quantitative estimate of drug-likeness (QED) is 0.635. The second-order valence-electron chi connectivity index (χ2n) is 8.05. The van der Waals surface area contributed by atoms with E-state index in [4.69, 9.17) is 4.74 Å². The molecule has 0 saturated carbocycles. The number of nitrogens with one attached hydrogen (secondary N) is 2. The van der Waals surface area contributed by atoms with Crippen molar-refractivity contribution in [3.63, 3.8) is 0 Å². The Morgan fingerprint density at radius 1 is 1.19 bits per heavy atom. The molecule has 0 atom stereocenters. The Balaban J connectivity index is 1.50. The van der Waals surface area contributed by atoms with E-state index < -0.39 is 11.6 Å². The fourth-order valence-corrected chi connectivity index (χ4v) is 4.03. The van der Waals surface area contributed by atoms with Crippen LogP contribution in [0, 0.1) is 11.6 Å². The molecule has 164 valence electrons. The maximum Gasteiger partial charge on any atom is 0.228 e. The minimum atomic E-state index is -0.663. The average molecular weight is 437 g/mol. The van der Waals surface area contributed by atoms with Crippen molar-refractivity contribution in [2.24, 2.45) is 0 Å². The van der Waals surface area contributed by atoms with Crippen LogP contribution in [0.1, 0.15) is 19.4 Å². The second kappa shape index (κ2) is 7.74. The Bertz CT molecular complexity index is 1230. The number of carbonyl (C=O) groups is 1. The molecule has 0 spiro atoms. The maximum atomic E-state index is 14.8. The average Bonchev–Trinajstić information content (AvgIpc) is 3.14. The second-order valence-corrected chi connectivity index (χ2v) is 8.05. The lowest BCUT2D eigenvalue weighted by Gasteiger charge is -2.34. The molecule has 1 aromatic heterocycles. The van der Waals surface area contributed by atoms with Gasteiger partial charge < -0.3 is 20.3 Å². The predicted molar refractivity (Wildman–Crippen MR) is 117 cm³/mol. The number of aromatic nitrogens is 2. The number of ether oxygens (including phenoxy) is 1. The highest BCUT2D eigenvalue weighted by Crippen LogP contribution is 2.39. The SMILES string of the molecule is CC(C)N1CCOc2c(F)cc(-c3nc(Nc4ccc5c(c4)NC(=O)C5)ncc3F)cc21. The van der Waals surface area contributed by atoms with Crippen molar-refractivity contribution in [1.82, 2.24) is 9.97 Å². The van der Waals surface area contributed by atoms with Gasteiger partial charge in [0.25, 0.3) is 0 Å². The summed E-state index contributed by atoms with van der Waals surface area (Å²) >= 11 is 0. The van der Waals surface area contributed by atoms with Gasteiger partial charge in [-0.15, -0.1) is 0 Å². The number of anilines is 4. The third kappa shape index (κ3) is 3.59. The molecule has 32 heavy (non-hydrogen) atoms. The number of benzene rings is 2. The van der Waals surface area contributed by atoms with E-state index in [1.165, 1.54) is 6.07 Å². The summed E-state index contributed by atoms with van der Waals surface area (Å²) < 4.78 is 35.0. The van der Waals surface area contributed by atoms with Crippen LogP contribution in [0.5, 0.6) is 5.75 Å². The number of halogens is 2. The molecule has 2 aliphatic rings. The van der Waals surface area contributed by atoms with Gasteiger partial charge in [-0.25, -0.2) is 18.7 Å². The molecule has 0 fully saturated rings. The zero-order chi connectivity index (χ0) is 22.4. The van der Waals surface area contributed by atoms with Crippen molar-refractivity contribution < 1.29 is 18.3 Å². The first-order valence-electron chi connectivity index (χ1n) is 10.3. The van der Waals surface area contributed by atoms with Crippen molar-refractivity contribution in [1.29, 1.82) is 0 Å². The topological polar surface area (TPSA) is 79.4 Å². The van der Waals surface area contributed by atoms with Crippen LogP contribution in [0.3, 0.4) is 0 Å². The van der Waals surface area contributed by atoms with Crippen molar-refractivity contribution in [2.45, 2.75) is 26.3 Å². The number of rotatable bonds is 4. The smallest absolute Gasteiger partial charge is 0.228 e. The summed E-state index contributed by atoms with van der Waals surface area (Å²) in [6, 6.07) is 8.44. The fraction of sp³-hybridized carbons (Fsp3) is 0.261. The Hall–Kier alpha value is -3.75. The molecular formula is C23H21F2N5O2. The van der Waals surface area contributed by atoms with E-state index in [-0.39, 0.29) is 29.3 Å². The lowest BCUT2D eigenvalue weighted by atomic mass is 10.1. The first kappa shape index (κ1) is 20.2. The molecule has 0 radical (unpaired) electrons. The molecule has 0 unspecified atom stereocenters. The van der Waals surface area contributed by atoms with Crippen LogP contribution in [-0.4, -0.2) is 35.1 Å². The maximum absolute atomic E-state index is 14.8. The molecule has 2 aliphatic heterocycles. The summed E-state index contributed by atoms with van der Waals surface area (Å²) in [5.41, 5.74) is 3.10.